The smallest absolute Gasteiger partial charge is 0.255 e. The molecule has 0 saturated heterocycles. The number of rotatable bonds is 5. The highest BCUT2D eigenvalue weighted by atomic mass is 16.5. The molecule has 0 spiro atoms. The first kappa shape index (κ1) is 17.7. The molecule has 3 heterocycles. The molecule has 1 aliphatic heterocycles. The molecular formula is C21H19N3O4. The summed E-state index contributed by atoms with van der Waals surface area (Å²) in [4.78, 5) is 16.9. The Morgan fingerprint density at radius 1 is 1.07 bits per heavy atom. The maximum absolute atomic E-state index is 12.5. The second-order valence-corrected chi connectivity index (χ2v) is 6.14. The van der Waals surface area contributed by atoms with Crippen molar-refractivity contribution in [3.8, 4) is 17.2 Å². The number of imidazole rings is 1. The Morgan fingerprint density at radius 2 is 1.82 bits per heavy atom. The maximum Gasteiger partial charge on any atom is 0.255 e. The van der Waals surface area contributed by atoms with E-state index in [2.05, 4.69) is 10.3 Å². The highest BCUT2D eigenvalue weighted by Crippen LogP contribution is 2.40. The fourth-order valence-corrected chi connectivity index (χ4v) is 3.17. The van der Waals surface area contributed by atoms with Gasteiger partial charge in [0.25, 0.3) is 5.91 Å². The van der Waals surface area contributed by atoms with Gasteiger partial charge in [0.2, 0.25) is 5.75 Å². The number of aromatic nitrogens is 2. The van der Waals surface area contributed by atoms with Crippen LogP contribution in [0, 0.1) is 0 Å². The number of amides is 1. The van der Waals surface area contributed by atoms with Gasteiger partial charge in [0, 0.05) is 23.0 Å². The SMILES string of the molecule is COc1cc(C2=C/C(=C\c3cnc4ccccn34)C(=O)N2)cc(OC)c1OC. The van der Waals surface area contributed by atoms with Crippen LogP contribution in [0.1, 0.15) is 11.3 Å². The predicted octanol–water partition coefficient (Wildman–Crippen LogP) is 2.91. The van der Waals surface area contributed by atoms with E-state index in [-0.39, 0.29) is 5.91 Å². The molecule has 28 heavy (non-hydrogen) atoms. The van der Waals surface area contributed by atoms with Crippen LogP contribution < -0.4 is 19.5 Å². The van der Waals surface area contributed by atoms with E-state index in [0.717, 1.165) is 16.9 Å². The zero-order valence-electron chi connectivity index (χ0n) is 15.7. The lowest BCUT2D eigenvalue weighted by Crippen LogP contribution is -2.16. The molecule has 7 heteroatoms. The number of benzene rings is 1. The number of carbonyl (C=O) groups is 1. The largest absolute Gasteiger partial charge is 0.493 e. The van der Waals surface area contributed by atoms with Crippen LogP contribution in [0.5, 0.6) is 17.2 Å². The average molecular weight is 377 g/mol. The number of carbonyl (C=O) groups excluding carboxylic acids is 1. The van der Waals surface area contributed by atoms with E-state index in [1.807, 2.05) is 28.8 Å². The summed E-state index contributed by atoms with van der Waals surface area (Å²) in [7, 11) is 4.66. The second-order valence-electron chi connectivity index (χ2n) is 6.14. The summed E-state index contributed by atoms with van der Waals surface area (Å²) < 4.78 is 18.1. The Kier molecular flexibility index (Phi) is 4.49. The Balaban J connectivity index is 1.75. The summed E-state index contributed by atoms with van der Waals surface area (Å²) in [5.74, 6) is 1.35. The highest BCUT2D eigenvalue weighted by molar-refractivity contribution is 6.10. The lowest BCUT2D eigenvalue weighted by Gasteiger charge is -2.14. The minimum Gasteiger partial charge on any atom is -0.493 e. The summed E-state index contributed by atoms with van der Waals surface area (Å²) in [6, 6.07) is 9.34. The average Bonchev–Trinajstić information content (AvgIpc) is 3.31. The van der Waals surface area contributed by atoms with Gasteiger partial charge >= 0.3 is 0 Å². The Bertz CT molecular complexity index is 1100. The van der Waals surface area contributed by atoms with Gasteiger partial charge in [0.1, 0.15) is 5.65 Å². The molecule has 3 aromatic rings. The normalized spacial score (nSPS) is 14.9. The van der Waals surface area contributed by atoms with Crippen molar-refractivity contribution in [3.05, 3.63) is 65.6 Å². The zero-order chi connectivity index (χ0) is 19.7. The van der Waals surface area contributed by atoms with Crippen molar-refractivity contribution in [2.24, 2.45) is 0 Å². The molecule has 0 unspecified atom stereocenters. The summed E-state index contributed by atoms with van der Waals surface area (Å²) in [5.41, 5.74) is 3.59. The van der Waals surface area contributed by atoms with Crippen molar-refractivity contribution >= 4 is 23.3 Å². The minimum absolute atomic E-state index is 0.186. The van der Waals surface area contributed by atoms with Gasteiger partial charge in [-0.1, -0.05) is 6.07 Å². The van der Waals surface area contributed by atoms with Crippen LogP contribution in [0.4, 0.5) is 0 Å². The number of fused-ring (bicyclic) bond motifs is 1. The first-order valence-corrected chi connectivity index (χ1v) is 8.62. The molecule has 7 nitrogen and oxygen atoms in total. The summed E-state index contributed by atoms with van der Waals surface area (Å²) in [6.07, 6.45) is 7.25. The first-order chi connectivity index (χ1) is 13.6. The molecule has 1 aliphatic rings. The van der Waals surface area contributed by atoms with Crippen molar-refractivity contribution in [2.75, 3.05) is 21.3 Å². The van der Waals surface area contributed by atoms with Gasteiger partial charge < -0.3 is 23.9 Å². The molecule has 0 saturated carbocycles. The van der Waals surface area contributed by atoms with E-state index in [0.29, 0.717) is 28.5 Å². The third-order valence-corrected chi connectivity index (χ3v) is 4.53. The molecule has 1 N–H and O–H groups in total. The summed E-state index contributed by atoms with van der Waals surface area (Å²) >= 11 is 0. The molecule has 2 aromatic heterocycles. The van der Waals surface area contributed by atoms with Crippen molar-refractivity contribution in [1.82, 2.24) is 14.7 Å². The molecule has 1 aromatic carbocycles. The lowest BCUT2D eigenvalue weighted by atomic mass is 10.1. The lowest BCUT2D eigenvalue weighted by molar-refractivity contribution is -0.115. The van der Waals surface area contributed by atoms with Gasteiger partial charge in [0.05, 0.1) is 33.2 Å². The monoisotopic (exact) mass is 377 g/mol. The van der Waals surface area contributed by atoms with Crippen LogP contribution in [0.25, 0.3) is 17.4 Å². The van der Waals surface area contributed by atoms with Gasteiger partial charge in [-0.15, -0.1) is 0 Å². The second kappa shape index (κ2) is 7.11. The van der Waals surface area contributed by atoms with Crippen LogP contribution in [0.3, 0.4) is 0 Å². The molecule has 0 aliphatic carbocycles. The number of pyridine rings is 1. The van der Waals surface area contributed by atoms with Crippen LogP contribution in [-0.4, -0.2) is 36.6 Å². The van der Waals surface area contributed by atoms with Gasteiger partial charge in [0.15, 0.2) is 11.5 Å². The number of ether oxygens (including phenoxy) is 3. The molecule has 142 valence electrons. The summed E-state index contributed by atoms with van der Waals surface area (Å²) in [6.45, 7) is 0. The predicted molar refractivity (Wildman–Crippen MR) is 105 cm³/mol. The van der Waals surface area contributed by atoms with Crippen molar-refractivity contribution in [1.29, 1.82) is 0 Å². The van der Waals surface area contributed by atoms with E-state index in [1.54, 1.807) is 51.8 Å². The van der Waals surface area contributed by atoms with Gasteiger partial charge in [-0.05, 0) is 36.4 Å². The number of nitrogens with one attached hydrogen (secondary N) is 1. The Morgan fingerprint density at radius 3 is 2.50 bits per heavy atom. The fraction of sp³-hybridized carbons (Fsp3) is 0.143. The number of methoxy groups -OCH3 is 3. The van der Waals surface area contributed by atoms with Gasteiger partial charge in [-0.25, -0.2) is 4.98 Å². The van der Waals surface area contributed by atoms with E-state index in [9.17, 15) is 4.79 Å². The number of hydrogen-bond acceptors (Lipinski definition) is 5. The number of nitrogens with zero attached hydrogens (tertiary/aromatic N) is 2. The first-order valence-electron chi connectivity index (χ1n) is 8.62. The standard InChI is InChI=1S/C21H19N3O4/c1-26-17-10-13(11-18(27-2)20(17)28-3)16-9-14(21(25)23-16)8-15-12-22-19-6-4-5-7-24(15)19/h4-12H,1-3H3,(H,23,25)/b14-8+. The minimum atomic E-state index is -0.186. The van der Waals surface area contributed by atoms with E-state index >= 15 is 0 Å². The third-order valence-electron chi connectivity index (χ3n) is 4.53. The van der Waals surface area contributed by atoms with Gasteiger partial charge in [-0.3, -0.25) is 4.79 Å². The molecule has 0 atom stereocenters. The topological polar surface area (TPSA) is 74.1 Å². The van der Waals surface area contributed by atoms with Crippen molar-refractivity contribution < 1.29 is 19.0 Å². The van der Waals surface area contributed by atoms with E-state index in [4.69, 9.17) is 14.2 Å². The van der Waals surface area contributed by atoms with Crippen molar-refractivity contribution in [2.45, 2.75) is 0 Å². The fourth-order valence-electron chi connectivity index (χ4n) is 3.17. The van der Waals surface area contributed by atoms with Gasteiger partial charge in [-0.2, -0.15) is 0 Å². The molecule has 0 fully saturated rings. The van der Waals surface area contributed by atoms with Crippen LogP contribution >= 0.6 is 0 Å². The van der Waals surface area contributed by atoms with Crippen molar-refractivity contribution in [3.63, 3.8) is 0 Å². The molecule has 4 rings (SSSR count). The quantitative estimate of drug-likeness (QED) is 0.692. The molecule has 0 radical (unpaired) electrons. The van der Waals surface area contributed by atoms with E-state index < -0.39 is 0 Å². The highest BCUT2D eigenvalue weighted by Gasteiger charge is 2.22. The molecule has 1 amide bonds. The number of hydrogen-bond donors (Lipinski definition) is 1. The zero-order valence-corrected chi connectivity index (χ0v) is 15.7. The van der Waals surface area contributed by atoms with Crippen LogP contribution in [0.2, 0.25) is 0 Å². The van der Waals surface area contributed by atoms with Crippen LogP contribution in [0.15, 0.2) is 54.4 Å². The molecule has 0 bridgehead atoms. The maximum atomic E-state index is 12.5. The van der Waals surface area contributed by atoms with E-state index in [1.165, 1.54) is 0 Å². The summed E-state index contributed by atoms with van der Waals surface area (Å²) in [5, 5.41) is 2.89. The van der Waals surface area contributed by atoms with Crippen LogP contribution in [-0.2, 0) is 4.79 Å². The molecular weight excluding hydrogens is 358 g/mol. The Labute approximate surface area is 161 Å². The third kappa shape index (κ3) is 2.96. The Hall–Kier alpha value is -3.74.